The smallest absolute Gasteiger partial charge is 0.224 e. The molecule has 0 aliphatic heterocycles. The van der Waals surface area contributed by atoms with Gasteiger partial charge in [0.05, 0.1) is 11.6 Å². The molecule has 2 unspecified atom stereocenters. The Balaban J connectivity index is 1.58. The number of hydrogen-bond acceptors (Lipinski definition) is 2. The topological polar surface area (TPSA) is 52.9 Å². The number of carbonyl (C=O) groups excluding carboxylic acids is 1. The lowest BCUT2D eigenvalue weighted by molar-refractivity contribution is -0.122. The predicted octanol–water partition coefficient (Wildman–Crippen LogP) is 3.12. The van der Waals surface area contributed by atoms with E-state index >= 15 is 0 Å². The van der Waals surface area contributed by atoms with E-state index in [1.807, 2.05) is 6.07 Å². The van der Waals surface area contributed by atoms with Crippen molar-refractivity contribution in [2.45, 2.75) is 18.9 Å². The Morgan fingerprint density at radius 3 is 2.86 bits per heavy atom. The Bertz CT molecular complexity index is 751. The van der Waals surface area contributed by atoms with E-state index in [4.69, 9.17) is 5.26 Å². The second-order valence-corrected chi connectivity index (χ2v) is 5.50. The monoisotopic (exact) mass is 294 g/mol. The first-order valence-electron chi connectivity index (χ1n) is 7.20. The quantitative estimate of drug-likeness (QED) is 0.942. The van der Waals surface area contributed by atoms with Gasteiger partial charge in [-0.05, 0) is 41.7 Å². The molecule has 1 aliphatic rings. The van der Waals surface area contributed by atoms with Gasteiger partial charge in [0.1, 0.15) is 5.82 Å². The van der Waals surface area contributed by atoms with Crippen LogP contribution in [0.5, 0.6) is 0 Å². The summed E-state index contributed by atoms with van der Waals surface area (Å²) in [7, 11) is 0. The van der Waals surface area contributed by atoms with Gasteiger partial charge < -0.3 is 5.32 Å². The zero-order valence-electron chi connectivity index (χ0n) is 11.9. The molecular weight excluding hydrogens is 279 g/mol. The lowest BCUT2D eigenvalue weighted by Gasteiger charge is -2.06. The highest BCUT2D eigenvalue weighted by atomic mass is 19.1. The average Bonchev–Trinajstić information content (AvgIpc) is 3.34. The number of nitrogens with zero attached hydrogens (tertiary/aromatic N) is 1. The molecule has 22 heavy (non-hydrogen) atoms. The Morgan fingerprint density at radius 1 is 1.27 bits per heavy atom. The SMILES string of the molecule is N#Cc1cccc(CNC(=O)C2CC2c2ccccc2F)c1. The van der Waals surface area contributed by atoms with Gasteiger partial charge in [0.25, 0.3) is 0 Å². The molecule has 0 bridgehead atoms. The third-order valence-corrected chi connectivity index (χ3v) is 3.95. The molecule has 0 aromatic heterocycles. The van der Waals surface area contributed by atoms with E-state index < -0.39 is 0 Å². The Morgan fingerprint density at radius 2 is 2.09 bits per heavy atom. The lowest BCUT2D eigenvalue weighted by Crippen LogP contribution is -2.24. The molecule has 4 heteroatoms. The molecule has 0 radical (unpaired) electrons. The Hall–Kier alpha value is -2.67. The van der Waals surface area contributed by atoms with E-state index in [1.54, 1.807) is 36.4 Å². The van der Waals surface area contributed by atoms with Crippen LogP contribution in [0.4, 0.5) is 4.39 Å². The molecule has 3 rings (SSSR count). The van der Waals surface area contributed by atoms with Crippen molar-refractivity contribution in [2.75, 3.05) is 0 Å². The normalized spacial score (nSPS) is 19.3. The van der Waals surface area contributed by atoms with Crippen LogP contribution in [-0.2, 0) is 11.3 Å². The molecule has 2 aromatic carbocycles. The van der Waals surface area contributed by atoms with E-state index in [2.05, 4.69) is 11.4 Å². The van der Waals surface area contributed by atoms with Gasteiger partial charge in [-0.1, -0.05) is 30.3 Å². The molecule has 0 heterocycles. The molecule has 0 saturated heterocycles. The van der Waals surface area contributed by atoms with Crippen LogP contribution in [0, 0.1) is 23.1 Å². The van der Waals surface area contributed by atoms with E-state index in [9.17, 15) is 9.18 Å². The molecule has 3 nitrogen and oxygen atoms in total. The minimum absolute atomic E-state index is 0.0216. The van der Waals surface area contributed by atoms with Crippen molar-refractivity contribution in [3.8, 4) is 6.07 Å². The summed E-state index contributed by atoms with van der Waals surface area (Å²) in [4.78, 5) is 12.1. The second kappa shape index (κ2) is 5.98. The molecule has 2 aromatic rings. The summed E-state index contributed by atoms with van der Waals surface area (Å²) in [6, 6.07) is 15.8. The van der Waals surface area contributed by atoms with Crippen molar-refractivity contribution in [3.05, 3.63) is 71.0 Å². The third kappa shape index (κ3) is 2.99. The van der Waals surface area contributed by atoms with Gasteiger partial charge >= 0.3 is 0 Å². The number of benzene rings is 2. The molecule has 1 N–H and O–H groups in total. The van der Waals surface area contributed by atoms with Crippen molar-refractivity contribution in [1.29, 1.82) is 5.26 Å². The highest BCUT2D eigenvalue weighted by Crippen LogP contribution is 2.48. The number of hydrogen-bond donors (Lipinski definition) is 1. The summed E-state index contributed by atoms with van der Waals surface area (Å²) in [6.07, 6.45) is 0.686. The Kier molecular flexibility index (Phi) is 3.88. The van der Waals surface area contributed by atoms with Crippen LogP contribution in [0.15, 0.2) is 48.5 Å². The van der Waals surface area contributed by atoms with Gasteiger partial charge in [0.2, 0.25) is 5.91 Å². The highest BCUT2D eigenvalue weighted by Gasteiger charge is 2.44. The number of carbonyl (C=O) groups is 1. The third-order valence-electron chi connectivity index (χ3n) is 3.95. The fourth-order valence-corrected chi connectivity index (χ4v) is 2.68. The van der Waals surface area contributed by atoms with Crippen LogP contribution in [0.1, 0.15) is 29.0 Å². The maximum absolute atomic E-state index is 13.7. The second-order valence-electron chi connectivity index (χ2n) is 5.50. The van der Waals surface area contributed by atoms with Crippen molar-refractivity contribution in [3.63, 3.8) is 0 Å². The van der Waals surface area contributed by atoms with Gasteiger partial charge in [-0.25, -0.2) is 4.39 Å². The minimum Gasteiger partial charge on any atom is -0.352 e. The number of rotatable bonds is 4. The molecule has 1 saturated carbocycles. The van der Waals surface area contributed by atoms with Gasteiger partial charge in [-0.2, -0.15) is 5.26 Å². The first-order valence-corrected chi connectivity index (χ1v) is 7.20. The van der Waals surface area contributed by atoms with E-state index in [-0.39, 0.29) is 23.6 Å². The molecule has 1 aliphatic carbocycles. The Labute approximate surface area is 128 Å². The molecule has 1 fully saturated rings. The van der Waals surface area contributed by atoms with Crippen molar-refractivity contribution < 1.29 is 9.18 Å². The zero-order valence-corrected chi connectivity index (χ0v) is 11.9. The van der Waals surface area contributed by atoms with E-state index in [0.29, 0.717) is 24.1 Å². The minimum atomic E-state index is -0.246. The van der Waals surface area contributed by atoms with Crippen LogP contribution in [0.25, 0.3) is 0 Å². The summed E-state index contributed by atoms with van der Waals surface area (Å²) >= 11 is 0. The van der Waals surface area contributed by atoms with E-state index in [1.165, 1.54) is 6.07 Å². The van der Waals surface area contributed by atoms with Crippen LogP contribution >= 0.6 is 0 Å². The average molecular weight is 294 g/mol. The number of amides is 1. The molecule has 1 amide bonds. The van der Waals surface area contributed by atoms with Crippen molar-refractivity contribution in [2.24, 2.45) is 5.92 Å². The lowest BCUT2D eigenvalue weighted by atomic mass is 10.1. The van der Waals surface area contributed by atoms with Crippen LogP contribution in [0.2, 0.25) is 0 Å². The van der Waals surface area contributed by atoms with Crippen molar-refractivity contribution >= 4 is 5.91 Å². The first kappa shape index (κ1) is 14.3. The predicted molar refractivity (Wildman–Crippen MR) is 80.3 cm³/mol. The summed E-state index contributed by atoms with van der Waals surface area (Å²) in [6.45, 7) is 0.384. The first-order chi connectivity index (χ1) is 10.7. The highest BCUT2D eigenvalue weighted by molar-refractivity contribution is 5.82. The maximum atomic E-state index is 13.7. The summed E-state index contributed by atoms with van der Waals surface area (Å²) in [5.41, 5.74) is 2.08. The summed E-state index contributed by atoms with van der Waals surface area (Å²) in [5.74, 6) is -0.483. The van der Waals surface area contributed by atoms with Gasteiger partial charge in [0.15, 0.2) is 0 Å². The molecule has 0 spiro atoms. The van der Waals surface area contributed by atoms with Crippen LogP contribution in [-0.4, -0.2) is 5.91 Å². The van der Waals surface area contributed by atoms with E-state index in [0.717, 1.165) is 5.56 Å². The summed E-state index contributed by atoms with van der Waals surface area (Å²) in [5, 5.41) is 11.7. The van der Waals surface area contributed by atoms with Gasteiger partial charge in [-0.15, -0.1) is 0 Å². The number of nitrogens with one attached hydrogen (secondary N) is 1. The maximum Gasteiger partial charge on any atom is 0.224 e. The fraction of sp³-hybridized carbons (Fsp3) is 0.222. The van der Waals surface area contributed by atoms with Gasteiger partial charge in [0, 0.05) is 12.5 Å². The molecular formula is C18H15FN2O. The van der Waals surface area contributed by atoms with Gasteiger partial charge in [-0.3, -0.25) is 4.79 Å². The van der Waals surface area contributed by atoms with Crippen molar-refractivity contribution in [1.82, 2.24) is 5.32 Å². The van der Waals surface area contributed by atoms with Crippen LogP contribution in [0.3, 0.4) is 0 Å². The standard InChI is InChI=1S/C18H15FN2O/c19-17-7-2-1-6-14(17)15-9-16(15)18(22)21-11-13-5-3-4-12(8-13)10-20/h1-8,15-16H,9,11H2,(H,21,22). The largest absolute Gasteiger partial charge is 0.352 e. The summed E-state index contributed by atoms with van der Waals surface area (Å²) < 4.78 is 13.7. The fourth-order valence-electron chi connectivity index (χ4n) is 2.68. The van der Waals surface area contributed by atoms with Crippen LogP contribution < -0.4 is 5.32 Å². The number of halogens is 1. The molecule has 110 valence electrons. The number of nitriles is 1. The molecule has 2 atom stereocenters. The zero-order chi connectivity index (χ0) is 15.5.